The van der Waals surface area contributed by atoms with Gasteiger partial charge in [0.1, 0.15) is 11.7 Å². The highest BCUT2D eigenvalue weighted by molar-refractivity contribution is 5.75. The minimum Gasteiger partial charge on any atom is -0.465 e. The number of carbonyl (C=O) groups is 1. The van der Waals surface area contributed by atoms with E-state index in [1.54, 1.807) is 19.1 Å². The van der Waals surface area contributed by atoms with Crippen LogP contribution in [0.1, 0.15) is 12.5 Å². The number of carbonyl (C=O) groups excluding carboxylic acids is 1. The molecule has 0 aromatic heterocycles. The number of ether oxygens (including phenoxy) is 1. The van der Waals surface area contributed by atoms with Crippen molar-refractivity contribution in [2.75, 3.05) is 6.61 Å². The molecule has 0 aliphatic rings. The third kappa shape index (κ3) is 3.35. The van der Waals surface area contributed by atoms with Gasteiger partial charge in [0.25, 0.3) is 0 Å². The Labute approximate surface area is 93.5 Å². The third-order valence-corrected chi connectivity index (χ3v) is 2.08. The summed E-state index contributed by atoms with van der Waals surface area (Å²) in [7, 11) is 0. The maximum Gasteiger partial charge on any atom is 0.323 e. The van der Waals surface area contributed by atoms with Crippen molar-refractivity contribution < 1.29 is 13.9 Å². The average Bonchev–Trinajstić information content (AvgIpc) is 2.28. The van der Waals surface area contributed by atoms with Crippen LogP contribution < -0.4 is 0 Å². The Morgan fingerprint density at radius 3 is 2.62 bits per heavy atom. The first-order valence-electron chi connectivity index (χ1n) is 4.98. The predicted molar refractivity (Wildman–Crippen MR) is 55.8 cm³/mol. The maximum absolute atomic E-state index is 12.6. The van der Waals surface area contributed by atoms with Crippen molar-refractivity contribution in [3.8, 4) is 6.07 Å². The quantitative estimate of drug-likeness (QED) is 0.731. The van der Waals surface area contributed by atoms with Crippen LogP contribution in [0.5, 0.6) is 0 Å². The lowest BCUT2D eigenvalue weighted by atomic mass is 10.0. The van der Waals surface area contributed by atoms with Gasteiger partial charge in [0.05, 0.1) is 12.7 Å². The van der Waals surface area contributed by atoms with E-state index in [1.165, 1.54) is 12.1 Å². The number of rotatable bonds is 4. The zero-order chi connectivity index (χ0) is 12.0. The summed E-state index contributed by atoms with van der Waals surface area (Å²) in [5.74, 6) is -1.70. The molecule has 1 rings (SSSR count). The standard InChI is InChI=1S/C12H12FNO2/c1-2-16-12(15)10(8-14)7-9-3-5-11(13)6-4-9/h3-6,10H,2,7H2,1H3. The van der Waals surface area contributed by atoms with Crippen molar-refractivity contribution >= 4 is 5.97 Å². The first-order chi connectivity index (χ1) is 7.67. The fourth-order valence-corrected chi connectivity index (χ4v) is 1.28. The molecule has 0 heterocycles. The third-order valence-electron chi connectivity index (χ3n) is 2.08. The van der Waals surface area contributed by atoms with E-state index in [1.807, 2.05) is 6.07 Å². The van der Waals surface area contributed by atoms with Crippen molar-refractivity contribution in [2.24, 2.45) is 5.92 Å². The molecule has 0 spiro atoms. The number of halogens is 1. The summed E-state index contributed by atoms with van der Waals surface area (Å²) in [6.45, 7) is 1.94. The Bertz CT molecular complexity index is 394. The van der Waals surface area contributed by atoms with Gasteiger partial charge in [0, 0.05) is 0 Å². The van der Waals surface area contributed by atoms with Crippen LogP contribution in [0.2, 0.25) is 0 Å². The van der Waals surface area contributed by atoms with E-state index < -0.39 is 11.9 Å². The molecule has 0 aliphatic carbocycles. The molecule has 4 heteroatoms. The van der Waals surface area contributed by atoms with Crippen molar-refractivity contribution in [2.45, 2.75) is 13.3 Å². The molecule has 1 atom stereocenters. The molecule has 0 saturated carbocycles. The predicted octanol–water partition coefficient (Wildman–Crippen LogP) is 2.07. The van der Waals surface area contributed by atoms with Gasteiger partial charge in [-0.25, -0.2) is 4.39 Å². The highest BCUT2D eigenvalue weighted by Gasteiger charge is 2.19. The number of esters is 1. The normalized spacial score (nSPS) is 11.6. The summed E-state index contributed by atoms with van der Waals surface area (Å²) < 4.78 is 17.4. The summed E-state index contributed by atoms with van der Waals surface area (Å²) in [4.78, 5) is 11.3. The smallest absolute Gasteiger partial charge is 0.323 e. The van der Waals surface area contributed by atoms with Crippen molar-refractivity contribution in [3.05, 3.63) is 35.6 Å². The number of hydrogen-bond acceptors (Lipinski definition) is 3. The van der Waals surface area contributed by atoms with E-state index in [-0.39, 0.29) is 18.8 Å². The van der Waals surface area contributed by atoms with Crippen LogP contribution in [0.15, 0.2) is 24.3 Å². The number of nitrogens with zero attached hydrogens (tertiary/aromatic N) is 1. The second kappa shape index (κ2) is 5.86. The molecular weight excluding hydrogens is 209 g/mol. The molecule has 0 amide bonds. The Hall–Kier alpha value is -1.89. The number of nitriles is 1. The van der Waals surface area contributed by atoms with Crippen LogP contribution in [0.25, 0.3) is 0 Å². The molecule has 1 aromatic rings. The van der Waals surface area contributed by atoms with Crippen LogP contribution in [-0.2, 0) is 16.0 Å². The van der Waals surface area contributed by atoms with Crippen LogP contribution in [0.4, 0.5) is 4.39 Å². The highest BCUT2D eigenvalue weighted by atomic mass is 19.1. The number of benzene rings is 1. The summed E-state index contributed by atoms with van der Waals surface area (Å²) in [6.07, 6.45) is 0.246. The summed E-state index contributed by atoms with van der Waals surface area (Å²) in [5.41, 5.74) is 0.737. The largest absolute Gasteiger partial charge is 0.465 e. The molecule has 3 nitrogen and oxygen atoms in total. The minimum absolute atomic E-state index is 0.246. The van der Waals surface area contributed by atoms with Gasteiger partial charge < -0.3 is 4.74 Å². The Balaban J connectivity index is 2.67. The average molecular weight is 221 g/mol. The van der Waals surface area contributed by atoms with Crippen LogP contribution >= 0.6 is 0 Å². The lowest BCUT2D eigenvalue weighted by Crippen LogP contribution is -2.18. The summed E-state index contributed by atoms with van der Waals surface area (Å²) in [5, 5.41) is 8.81. The maximum atomic E-state index is 12.6. The van der Waals surface area contributed by atoms with Gasteiger partial charge in [-0.1, -0.05) is 12.1 Å². The van der Waals surface area contributed by atoms with E-state index in [2.05, 4.69) is 0 Å². The molecule has 0 N–H and O–H groups in total. The summed E-state index contributed by atoms with van der Waals surface area (Å²) in [6, 6.07) is 7.59. The number of hydrogen-bond donors (Lipinski definition) is 0. The van der Waals surface area contributed by atoms with Gasteiger partial charge in [0.15, 0.2) is 0 Å². The van der Waals surface area contributed by atoms with E-state index in [0.29, 0.717) is 0 Å². The second-order valence-corrected chi connectivity index (χ2v) is 3.26. The molecule has 0 saturated heterocycles. The lowest BCUT2D eigenvalue weighted by molar-refractivity contribution is -0.145. The van der Waals surface area contributed by atoms with E-state index >= 15 is 0 Å². The van der Waals surface area contributed by atoms with E-state index in [4.69, 9.17) is 10.00 Å². The zero-order valence-electron chi connectivity index (χ0n) is 8.94. The molecule has 0 radical (unpaired) electrons. The Kier molecular flexibility index (Phi) is 4.46. The van der Waals surface area contributed by atoms with Crippen LogP contribution in [0, 0.1) is 23.1 Å². The van der Waals surface area contributed by atoms with Gasteiger partial charge >= 0.3 is 5.97 Å². The molecule has 1 aromatic carbocycles. The fraction of sp³-hybridized carbons (Fsp3) is 0.333. The fourth-order valence-electron chi connectivity index (χ4n) is 1.28. The molecular formula is C12H12FNO2. The summed E-state index contributed by atoms with van der Waals surface area (Å²) >= 11 is 0. The van der Waals surface area contributed by atoms with Gasteiger partial charge in [0.2, 0.25) is 0 Å². The zero-order valence-corrected chi connectivity index (χ0v) is 8.94. The SMILES string of the molecule is CCOC(=O)C(C#N)Cc1ccc(F)cc1. The monoisotopic (exact) mass is 221 g/mol. The van der Waals surface area contributed by atoms with Crippen LogP contribution in [0.3, 0.4) is 0 Å². The minimum atomic E-state index is -0.828. The highest BCUT2D eigenvalue weighted by Crippen LogP contribution is 2.11. The van der Waals surface area contributed by atoms with Crippen LogP contribution in [-0.4, -0.2) is 12.6 Å². The lowest BCUT2D eigenvalue weighted by Gasteiger charge is -2.07. The van der Waals surface area contributed by atoms with E-state index in [9.17, 15) is 9.18 Å². The van der Waals surface area contributed by atoms with E-state index in [0.717, 1.165) is 5.56 Å². The van der Waals surface area contributed by atoms with Crippen molar-refractivity contribution in [3.63, 3.8) is 0 Å². The molecule has 84 valence electrons. The van der Waals surface area contributed by atoms with Crippen molar-refractivity contribution in [1.29, 1.82) is 5.26 Å². The van der Waals surface area contributed by atoms with Gasteiger partial charge in [-0.15, -0.1) is 0 Å². The molecule has 1 unspecified atom stereocenters. The Morgan fingerprint density at radius 2 is 2.12 bits per heavy atom. The topological polar surface area (TPSA) is 50.1 Å². The van der Waals surface area contributed by atoms with Gasteiger partial charge in [-0.05, 0) is 31.0 Å². The molecule has 0 fully saturated rings. The second-order valence-electron chi connectivity index (χ2n) is 3.26. The first-order valence-corrected chi connectivity index (χ1v) is 4.98. The van der Waals surface area contributed by atoms with Crippen molar-refractivity contribution in [1.82, 2.24) is 0 Å². The van der Waals surface area contributed by atoms with Gasteiger partial charge in [-0.2, -0.15) is 5.26 Å². The van der Waals surface area contributed by atoms with Gasteiger partial charge in [-0.3, -0.25) is 4.79 Å². The first kappa shape index (κ1) is 12.2. The molecule has 0 bridgehead atoms. The Morgan fingerprint density at radius 1 is 1.50 bits per heavy atom. The molecule has 16 heavy (non-hydrogen) atoms. The molecule has 0 aliphatic heterocycles.